The van der Waals surface area contributed by atoms with E-state index in [-0.39, 0.29) is 11.7 Å². The number of likely N-dealkylation sites (N-methyl/N-ethyl adjacent to an activating group) is 1. The van der Waals surface area contributed by atoms with Gasteiger partial charge in [-0.25, -0.2) is 0 Å². The first-order valence-electron chi connectivity index (χ1n) is 11.8. The van der Waals surface area contributed by atoms with E-state index in [4.69, 9.17) is 9.47 Å². The topological polar surface area (TPSA) is 59.1 Å². The molecule has 0 bridgehead atoms. The van der Waals surface area contributed by atoms with E-state index < -0.39 is 0 Å². The number of hydrogen-bond donors (Lipinski definition) is 0. The Hall–Kier alpha value is -3.64. The number of Topliss-reactive ketones (excluding diaryl/α,β-unsaturated/α-hetero) is 1. The Bertz CT molecular complexity index is 1250. The third kappa shape index (κ3) is 5.08. The second kappa shape index (κ2) is 10.3. The molecule has 0 atom stereocenters. The highest BCUT2D eigenvalue weighted by Gasteiger charge is 2.28. The molecule has 182 valence electrons. The minimum Gasteiger partial charge on any atom is -0.493 e. The number of anilines is 1. The molecule has 0 unspecified atom stereocenters. The van der Waals surface area contributed by atoms with Crippen molar-refractivity contribution in [2.24, 2.45) is 0 Å². The summed E-state index contributed by atoms with van der Waals surface area (Å²) in [6.45, 7) is 5.44. The van der Waals surface area contributed by atoms with Crippen LogP contribution in [0.2, 0.25) is 0 Å². The largest absolute Gasteiger partial charge is 0.493 e. The van der Waals surface area contributed by atoms with E-state index in [9.17, 15) is 9.59 Å². The third-order valence-corrected chi connectivity index (χ3v) is 6.37. The van der Waals surface area contributed by atoms with Crippen molar-refractivity contribution < 1.29 is 19.1 Å². The summed E-state index contributed by atoms with van der Waals surface area (Å²) in [4.78, 5) is 29.5. The molecule has 1 aliphatic rings. The number of rotatable bonds is 8. The Morgan fingerprint density at radius 2 is 1.77 bits per heavy atom. The van der Waals surface area contributed by atoms with Gasteiger partial charge in [-0.2, -0.15) is 0 Å². The fourth-order valence-corrected chi connectivity index (χ4v) is 4.54. The maximum Gasteiger partial charge on any atom is 0.258 e. The standard InChI is InChI=1S/C29H32N2O4/c1-19-7-6-8-24(28(19)20(2)32)21-9-11-22(12-10-21)29(33)31-14-13-23-17-26(34-5)27(18-25(23)31)35-16-15-30(3)4/h6-12,17-18H,13-16H2,1-5H3. The molecule has 1 heterocycles. The van der Waals surface area contributed by atoms with Gasteiger partial charge >= 0.3 is 0 Å². The van der Waals surface area contributed by atoms with Gasteiger partial charge in [0.2, 0.25) is 0 Å². The van der Waals surface area contributed by atoms with Gasteiger partial charge < -0.3 is 19.3 Å². The van der Waals surface area contributed by atoms with Crippen LogP contribution in [0.1, 0.15) is 38.8 Å². The Morgan fingerprint density at radius 1 is 1.03 bits per heavy atom. The number of methoxy groups -OCH3 is 1. The molecule has 1 aliphatic heterocycles. The Kier molecular flexibility index (Phi) is 7.22. The molecular weight excluding hydrogens is 440 g/mol. The molecule has 3 aromatic carbocycles. The van der Waals surface area contributed by atoms with Crippen LogP contribution in [-0.2, 0) is 6.42 Å². The van der Waals surface area contributed by atoms with Crippen LogP contribution in [0, 0.1) is 6.92 Å². The average Bonchev–Trinajstić information content (AvgIpc) is 3.25. The summed E-state index contributed by atoms with van der Waals surface area (Å²) in [7, 11) is 5.62. The summed E-state index contributed by atoms with van der Waals surface area (Å²) in [5.74, 6) is 1.29. The molecule has 4 rings (SSSR count). The molecule has 0 radical (unpaired) electrons. The molecule has 0 saturated heterocycles. The Labute approximate surface area is 207 Å². The predicted octanol–water partition coefficient (Wildman–Crippen LogP) is 5.02. The third-order valence-electron chi connectivity index (χ3n) is 6.37. The van der Waals surface area contributed by atoms with Crippen LogP contribution in [0.5, 0.6) is 11.5 Å². The molecule has 3 aromatic rings. The Balaban J connectivity index is 1.59. The van der Waals surface area contributed by atoms with Crippen molar-refractivity contribution in [3.63, 3.8) is 0 Å². The highest BCUT2D eigenvalue weighted by atomic mass is 16.5. The van der Waals surface area contributed by atoms with Gasteiger partial charge in [0.05, 0.1) is 12.8 Å². The van der Waals surface area contributed by atoms with E-state index in [1.807, 2.05) is 75.6 Å². The van der Waals surface area contributed by atoms with E-state index in [1.54, 1.807) is 18.9 Å². The second-order valence-corrected chi connectivity index (χ2v) is 9.12. The predicted molar refractivity (Wildman–Crippen MR) is 139 cm³/mol. The molecule has 0 spiro atoms. The molecule has 0 N–H and O–H groups in total. The highest BCUT2D eigenvalue weighted by Crippen LogP contribution is 2.39. The number of fused-ring (bicyclic) bond motifs is 1. The van der Waals surface area contributed by atoms with E-state index in [2.05, 4.69) is 4.90 Å². The van der Waals surface area contributed by atoms with Crippen LogP contribution in [-0.4, -0.2) is 57.5 Å². The number of carbonyl (C=O) groups is 2. The molecule has 0 aromatic heterocycles. The zero-order valence-electron chi connectivity index (χ0n) is 21.1. The van der Waals surface area contributed by atoms with Crippen LogP contribution in [0.25, 0.3) is 11.1 Å². The maximum atomic E-state index is 13.4. The van der Waals surface area contributed by atoms with Crippen molar-refractivity contribution in [3.8, 4) is 22.6 Å². The molecule has 6 heteroatoms. The quantitative estimate of drug-likeness (QED) is 0.431. The minimum absolute atomic E-state index is 0.0333. The number of carbonyl (C=O) groups excluding carboxylic acids is 2. The minimum atomic E-state index is -0.0595. The normalized spacial score (nSPS) is 12.6. The lowest BCUT2D eigenvalue weighted by Gasteiger charge is -2.20. The lowest BCUT2D eigenvalue weighted by atomic mass is 9.93. The Morgan fingerprint density at radius 3 is 2.43 bits per heavy atom. The zero-order valence-corrected chi connectivity index (χ0v) is 21.1. The average molecular weight is 473 g/mol. The molecule has 0 aliphatic carbocycles. The first kappa shape index (κ1) is 24.5. The summed E-state index contributed by atoms with van der Waals surface area (Å²) in [6.07, 6.45) is 0.763. The fourth-order valence-electron chi connectivity index (χ4n) is 4.54. The summed E-state index contributed by atoms with van der Waals surface area (Å²) in [5, 5.41) is 0. The molecular formula is C29H32N2O4. The molecule has 35 heavy (non-hydrogen) atoms. The first-order valence-corrected chi connectivity index (χ1v) is 11.8. The fraction of sp³-hybridized carbons (Fsp3) is 0.310. The van der Waals surface area contributed by atoms with Gasteiger partial charge in [0, 0.05) is 30.3 Å². The van der Waals surface area contributed by atoms with Crippen LogP contribution in [0.4, 0.5) is 5.69 Å². The van der Waals surface area contributed by atoms with Crippen molar-refractivity contribution >= 4 is 17.4 Å². The zero-order chi connectivity index (χ0) is 25.1. The van der Waals surface area contributed by atoms with Crippen molar-refractivity contribution in [3.05, 3.63) is 76.9 Å². The van der Waals surface area contributed by atoms with Gasteiger partial charge in [0.25, 0.3) is 5.91 Å². The lowest BCUT2D eigenvalue weighted by Crippen LogP contribution is -2.28. The van der Waals surface area contributed by atoms with Crippen molar-refractivity contribution in [2.75, 3.05) is 45.8 Å². The summed E-state index contributed by atoms with van der Waals surface area (Å²) in [5.41, 5.74) is 5.99. The van der Waals surface area contributed by atoms with E-state index in [1.165, 1.54) is 0 Å². The van der Waals surface area contributed by atoms with Crippen molar-refractivity contribution in [1.82, 2.24) is 4.90 Å². The molecule has 0 fully saturated rings. The molecule has 6 nitrogen and oxygen atoms in total. The van der Waals surface area contributed by atoms with Crippen LogP contribution >= 0.6 is 0 Å². The van der Waals surface area contributed by atoms with Gasteiger partial charge in [-0.3, -0.25) is 9.59 Å². The monoisotopic (exact) mass is 472 g/mol. The number of hydrogen-bond acceptors (Lipinski definition) is 5. The number of benzene rings is 3. The number of amides is 1. The van der Waals surface area contributed by atoms with E-state index in [0.29, 0.717) is 30.2 Å². The van der Waals surface area contributed by atoms with E-state index in [0.717, 1.165) is 46.5 Å². The van der Waals surface area contributed by atoms with Gasteiger partial charge in [-0.15, -0.1) is 0 Å². The van der Waals surface area contributed by atoms with Gasteiger partial charge in [-0.1, -0.05) is 30.3 Å². The van der Waals surface area contributed by atoms with Crippen molar-refractivity contribution in [1.29, 1.82) is 0 Å². The SMILES string of the molecule is COc1cc2c(cc1OCCN(C)C)N(C(=O)c1ccc(-c3cccc(C)c3C(C)=O)cc1)CC2. The van der Waals surface area contributed by atoms with Crippen LogP contribution in [0.3, 0.4) is 0 Å². The van der Waals surface area contributed by atoms with Gasteiger partial charge in [-0.05, 0) is 74.8 Å². The first-order chi connectivity index (χ1) is 16.8. The smallest absolute Gasteiger partial charge is 0.258 e. The van der Waals surface area contributed by atoms with Crippen molar-refractivity contribution in [2.45, 2.75) is 20.3 Å². The summed E-state index contributed by atoms with van der Waals surface area (Å²) >= 11 is 0. The number of ketones is 1. The number of nitrogens with zero attached hydrogens (tertiary/aromatic N) is 2. The summed E-state index contributed by atoms with van der Waals surface area (Å²) in [6, 6.07) is 17.2. The van der Waals surface area contributed by atoms with E-state index >= 15 is 0 Å². The number of ether oxygens (including phenoxy) is 2. The maximum absolute atomic E-state index is 13.4. The molecule has 1 amide bonds. The molecule has 0 saturated carbocycles. The lowest BCUT2D eigenvalue weighted by molar-refractivity contribution is 0.0986. The van der Waals surface area contributed by atoms with Crippen LogP contribution < -0.4 is 14.4 Å². The second-order valence-electron chi connectivity index (χ2n) is 9.12. The van der Waals surface area contributed by atoms with Crippen LogP contribution in [0.15, 0.2) is 54.6 Å². The summed E-state index contributed by atoms with van der Waals surface area (Å²) < 4.78 is 11.5. The highest BCUT2D eigenvalue weighted by molar-refractivity contribution is 6.08. The van der Waals surface area contributed by atoms with Gasteiger partial charge in [0.15, 0.2) is 17.3 Å². The van der Waals surface area contributed by atoms with Gasteiger partial charge in [0.1, 0.15) is 6.61 Å². The number of aryl methyl sites for hydroxylation is 1.